The van der Waals surface area contributed by atoms with Crippen LogP contribution in [0, 0.1) is 0 Å². The number of anilines is 1. The van der Waals surface area contributed by atoms with Crippen LogP contribution in [0.2, 0.25) is 0 Å². The molecule has 0 bridgehead atoms. The van der Waals surface area contributed by atoms with Gasteiger partial charge in [-0.1, -0.05) is 17.7 Å². The van der Waals surface area contributed by atoms with E-state index < -0.39 is 5.91 Å². The standard InChI is InChI=1S/C12H16N4O/c13-12(17)10-2-1-3-11(16-10)15-8-9-4-6-14-7-5-9/h1-4,14H,5-8H2,(H2,13,17)(H,15,16). The highest BCUT2D eigenvalue weighted by Gasteiger charge is 2.05. The SMILES string of the molecule is NC(=O)c1cccc(NCC2=CCNCC2)n1. The second-order valence-corrected chi connectivity index (χ2v) is 3.94. The lowest BCUT2D eigenvalue weighted by Crippen LogP contribution is -2.23. The van der Waals surface area contributed by atoms with Crippen molar-refractivity contribution in [1.82, 2.24) is 10.3 Å². The quantitative estimate of drug-likeness (QED) is 0.661. The summed E-state index contributed by atoms with van der Waals surface area (Å²) in [5, 5.41) is 6.45. The molecule has 0 aliphatic carbocycles. The Labute approximate surface area is 100 Å². The predicted octanol–water partition coefficient (Wildman–Crippen LogP) is 0.512. The Bertz CT molecular complexity index is 442. The van der Waals surface area contributed by atoms with Gasteiger partial charge in [0.1, 0.15) is 11.5 Å². The number of hydrogen-bond donors (Lipinski definition) is 3. The second-order valence-electron chi connectivity index (χ2n) is 3.94. The first-order valence-electron chi connectivity index (χ1n) is 5.65. The van der Waals surface area contributed by atoms with Crippen molar-refractivity contribution in [2.75, 3.05) is 25.0 Å². The van der Waals surface area contributed by atoms with E-state index in [1.807, 2.05) is 6.07 Å². The van der Waals surface area contributed by atoms with Gasteiger partial charge >= 0.3 is 0 Å². The van der Waals surface area contributed by atoms with Gasteiger partial charge in [0.15, 0.2) is 0 Å². The van der Waals surface area contributed by atoms with Gasteiger partial charge in [-0.2, -0.15) is 0 Å². The first-order chi connectivity index (χ1) is 8.25. The third-order valence-electron chi connectivity index (χ3n) is 2.66. The summed E-state index contributed by atoms with van der Waals surface area (Å²) in [6.45, 7) is 2.70. The molecule has 0 unspecified atom stereocenters. The number of carbonyl (C=O) groups excluding carboxylic acids is 1. The molecule has 0 radical (unpaired) electrons. The molecule has 2 heterocycles. The van der Waals surface area contributed by atoms with Crippen molar-refractivity contribution in [1.29, 1.82) is 0 Å². The van der Waals surface area contributed by atoms with E-state index in [-0.39, 0.29) is 5.69 Å². The number of nitrogens with zero attached hydrogens (tertiary/aromatic N) is 1. The summed E-state index contributed by atoms with van der Waals surface area (Å²) in [5.74, 6) is 0.176. The highest BCUT2D eigenvalue weighted by Crippen LogP contribution is 2.08. The van der Waals surface area contributed by atoms with Crippen LogP contribution >= 0.6 is 0 Å². The molecule has 5 heteroatoms. The van der Waals surface area contributed by atoms with Crippen LogP contribution in [0.25, 0.3) is 0 Å². The molecule has 1 aliphatic heterocycles. The highest BCUT2D eigenvalue weighted by molar-refractivity contribution is 5.91. The molecule has 0 aromatic carbocycles. The van der Waals surface area contributed by atoms with Crippen molar-refractivity contribution in [2.45, 2.75) is 6.42 Å². The molecular weight excluding hydrogens is 216 g/mol. The number of nitrogens with two attached hydrogens (primary N) is 1. The van der Waals surface area contributed by atoms with Crippen molar-refractivity contribution < 1.29 is 4.79 Å². The Morgan fingerprint density at radius 1 is 1.53 bits per heavy atom. The molecule has 0 atom stereocenters. The molecule has 1 amide bonds. The number of carbonyl (C=O) groups is 1. The summed E-state index contributed by atoms with van der Waals surface area (Å²) < 4.78 is 0. The van der Waals surface area contributed by atoms with Gasteiger partial charge in [0.25, 0.3) is 5.91 Å². The third-order valence-corrected chi connectivity index (χ3v) is 2.66. The minimum atomic E-state index is -0.505. The smallest absolute Gasteiger partial charge is 0.267 e. The second kappa shape index (κ2) is 5.45. The monoisotopic (exact) mass is 232 g/mol. The van der Waals surface area contributed by atoms with Gasteiger partial charge in [-0.15, -0.1) is 0 Å². The lowest BCUT2D eigenvalue weighted by atomic mass is 10.1. The normalized spacial score (nSPS) is 15.2. The summed E-state index contributed by atoms with van der Waals surface area (Å²) in [7, 11) is 0. The molecule has 1 aliphatic rings. The van der Waals surface area contributed by atoms with E-state index in [1.54, 1.807) is 12.1 Å². The number of hydrogen-bond acceptors (Lipinski definition) is 4. The molecule has 17 heavy (non-hydrogen) atoms. The topological polar surface area (TPSA) is 80.0 Å². The van der Waals surface area contributed by atoms with Gasteiger partial charge in [-0.05, 0) is 25.1 Å². The lowest BCUT2D eigenvalue weighted by Gasteiger charge is -2.14. The van der Waals surface area contributed by atoms with E-state index in [0.29, 0.717) is 5.82 Å². The van der Waals surface area contributed by atoms with Crippen LogP contribution in [-0.4, -0.2) is 30.5 Å². The van der Waals surface area contributed by atoms with Crippen molar-refractivity contribution in [2.24, 2.45) is 5.73 Å². The Morgan fingerprint density at radius 2 is 2.41 bits per heavy atom. The zero-order valence-electron chi connectivity index (χ0n) is 9.57. The molecule has 0 fully saturated rings. The number of aromatic nitrogens is 1. The number of amides is 1. The zero-order valence-corrected chi connectivity index (χ0v) is 9.57. The van der Waals surface area contributed by atoms with Crippen molar-refractivity contribution >= 4 is 11.7 Å². The zero-order chi connectivity index (χ0) is 12.1. The Hall–Kier alpha value is -1.88. The van der Waals surface area contributed by atoms with Gasteiger partial charge in [0.05, 0.1) is 0 Å². The molecule has 0 saturated carbocycles. The van der Waals surface area contributed by atoms with Crippen LogP contribution in [0.4, 0.5) is 5.82 Å². The van der Waals surface area contributed by atoms with Crippen LogP contribution < -0.4 is 16.4 Å². The van der Waals surface area contributed by atoms with Crippen LogP contribution in [0.15, 0.2) is 29.8 Å². The van der Waals surface area contributed by atoms with Crippen molar-refractivity contribution in [3.8, 4) is 0 Å². The number of rotatable bonds is 4. The first-order valence-corrected chi connectivity index (χ1v) is 5.65. The Kier molecular flexibility index (Phi) is 3.72. The summed E-state index contributed by atoms with van der Waals surface area (Å²) in [6, 6.07) is 5.21. The van der Waals surface area contributed by atoms with Gasteiger partial charge < -0.3 is 16.4 Å². The molecule has 2 rings (SSSR count). The van der Waals surface area contributed by atoms with Crippen LogP contribution in [0.1, 0.15) is 16.9 Å². The van der Waals surface area contributed by atoms with Gasteiger partial charge in [0, 0.05) is 13.1 Å². The largest absolute Gasteiger partial charge is 0.366 e. The fraction of sp³-hybridized carbons (Fsp3) is 0.333. The molecule has 0 spiro atoms. The summed E-state index contributed by atoms with van der Waals surface area (Å²) in [4.78, 5) is 15.1. The van der Waals surface area contributed by atoms with Crippen LogP contribution in [0.3, 0.4) is 0 Å². The van der Waals surface area contributed by atoms with Crippen molar-refractivity contribution in [3.63, 3.8) is 0 Å². The molecule has 0 saturated heterocycles. The number of primary amides is 1. The van der Waals surface area contributed by atoms with E-state index in [4.69, 9.17) is 5.73 Å². The molecule has 90 valence electrons. The average Bonchev–Trinajstić information content (AvgIpc) is 2.38. The maximum absolute atomic E-state index is 11.0. The Morgan fingerprint density at radius 3 is 3.12 bits per heavy atom. The van der Waals surface area contributed by atoms with Crippen molar-refractivity contribution in [3.05, 3.63) is 35.5 Å². The predicted molar refractivity (Wildman–Crippen MR) is 66.8 cm³/mol. The highest BCUT2D eigenvalue weighted by atomic mass is 16.1. The van der Waals surface area contributed by atoms with Gasteiger partial charge in [0.2, 0.25) is 0 Å². The Balaban J connectivity index is 1.96. The summed E-state index contributed by atoms with van der Waals surface area (Å²) in [5.41, 5.74) is 6.82. The van der Waals surface area contributed by atoms with E-state index in [2.05, 4.69) is 21.7 Å². The van der Waals surface area contributed by atoms with Gasteiger partial charge in [-0.3, -0.25) is 4.79 Å². The molecule has 1 aromatic heterocycles. The molecule has 4 N–H and O–H groups in total. The van der Waals surface area contributed by atoms with E-state index in [0.717, 1.165) is 26.1 Å². The van der Waals surface area contributed by atoms with E-state index >= 15 is 0 Å². The number of nitrogens with one attached hydrogen (secondary N) is 2. The first kappa shape index (κ1) is 11.6. The van der Waals surface area contributed by atoms with Gasteiger partial charge in [-0.25, -0.2) is 4.98 Å². The fourth-order valence-electron chi connectivity index (χ4n) is 1.70. The minimum Gasteiger partial charge on any atom is -0.366 e. The van der Waals surface area contributed by atoms with Crippen LogP contribution in [0.5, 0.6) is 0 Å². The molecular formula is C12H16N4O. The average molecular weight is 232 g/mol. The number of pyridine rings is 1. The summed E-state index contributed by atoms with van der Waals surface area (Å²) in [6.07, 6.45) is 3.22. The minimum absolute atomic E-state index is 0.286. The molecule has 1 aromatic rings. The molecule has 5 nitrogen and oxygen atoms in total. The van der Waals surface area contributed by atoms with E-state index in [9.17, 15) is 4.79 Å². The van der Waals surface area contributed by atoms with E-state index in [1.165, 1.54) is 5.57 Å². The maximum Gasteiger partial charge on any atom is 0.267 e. The lowest BCUT2D eigenvalue weighted by molar-refractivity contribution is 0.0995. The third kappa shape index (κ3) is 3.29. The summed E-state index contributed by atoms with van der Waals surface area (Å²) >= 11 is 0. The van der Waals surface area contributed by atoms with Crippen LogP contribution in [-0.2, 0) is 0 Å². The maximum atomic E-state index is 11.0. The fourth-order valence-corrected chi connectivity index (χ4v) is 1.70.